The Bertz CT molecular complexity index is 1520. The number of hydrogen-bond acceptors (Lipinski definition) is 6. The first kappa shape index (κ1) is 21.4. The number of hydrogen-bond donors (Lipinski definition) is 2. The Hall–Kier alpha value is -3.50. The van der Waals surface area contributed by atoms with Crippen LogP contribution in [0.1, 0.15) is 10.6 Å². The van der Waals surface area contributed by atoms with Crippen LogP contribution >= 0.6 is 27.3 Å². The molecule has 10 heteroatoms. The zero-order valence-electron chi connectivity index (χ0n) is 16.9. The lowest BCUT2D eigenvalue weighted by Crippen LogP contribution is -2.13. The number of rotatable bonds is 5. The summed E-state index contributed by atoms with van der Waals surface area (Å²) in [5.41, 5.74) is 8.72. The third-order valence-corrected chi connectivity index (χ3v) is 6.51. The minimum Gasteiger partial charge on any atom is -0.381 e. The highest BCUT2D eigenvalue weighted by Gasteiger charge is 2.15. The molecule has 2 heterocycles. The van der Waals surface area contributed by atoms with Crippen LogP contribution in [-0.2, 0) is 6.54 Å². The summed E-state index contributed by atoms with van der Waals surface area (Å²) < 4.78 is 29.0. The molecule has 0 fully saturated rings. The minimum absolute atomic E-state index is 0.277. The lowest BCUT2D eigenvalue weighted by molar-refractivity contribution is 0.627. The molecule has 0 spiro atoms. The van der Waals surface area contributed by atoms with Crippen LogP contribution in [0.5, 0.6) is 0 Å². The maximum Gasteiger partial charge on any atom is 0.159 e. The molecule has 5 aromatic rings. The largest absolute Gasteiger partial charge is 0.381 e. The average molecular weight is 525 g/mol. The lowest BCUT2D eigenvalue weighted by atomic mass is 10.2. The van der Waals surface area contributed by atoms with Gasteiger partial charge in [-0.2, -0.15) is 0 Å². The first-order valence-electron chi connectivity index (χ1n) is 9.79. The van der Waals surface area contributed by atoms with E-state index in [4.69, 9.17) is 5.73 Å². The molecular weight excluding hydrogens is 510 g/mol. The van der Waals surface area contributed by atoms with Crippen molar-refractivity contribution in [1.29, 1.82) is 0 Å². The third-order valence-electron chi connectivity index (χ3n) is 4.90. The van der Waals surface area contributed by atoms with Crippen molar-refractivity contribution < 1.29 is 8.78 Å². The van der Waals surface area contributed by atoms with E-state index in [0.29, 0.717) is 43.9 Å². The van der Waals surface area contributed by atoms with Crippen LogP contribution in [0.2, 0.25) is 0 Å². The number of fused-ring (bicyclic) bond motifs is 3. The number of nitrogens with two attached hydrogens (primary N) is 1. The number of halogens is 3. The van der Waals surface area contributed by atoms with Gasteiger partial charge in [0, 0.05) is 4.47 Å². The first-order valence-corrected chi connectivity index (χ1v) is 11.4. The normalized spacial score (nSPS) is 11.9. The number of nitrogens with zero attached hydrogens (tertiary/aromatic N) is 4. The van der Waals surface area contributed by atoms with Crippen LogP contribution in [0.15, 0.2) is 70.4 Å². The molecular formula is C23H15BrF2N6S. The van der Waals surface area contributed by atoms with Gasteiger partial charge in [-0.05, 0) is 48.0 Å². The SMILES string of the molecule is NC(=NCc1ccc(F)cc1)c1nc2ccc3ncnc(Nc4ccc(Br)cc4F)c3c2s1. The van der Waals surface area contributed by atoms with Crippen molar-refractivity contribution in [2.75, 3.05) is 5.32 Å². The quantitative estimate of drug-likeness (QED) is 0.219. The van der Waals surface area contributed by atoms with Crippen LogP contribution in [0.4, 0.5) is 20.3 Å². The predicted molar refractivity (Wildman–Crippen MR) is 131 cm³/mol. The summed E-state index contributed by atoms with van der Waals surface area (Å²) in [5.74, 6) is 0.0247. The number of anilines is 2. The number of nitrogens with one attached hydrogen (secondary N) is 1. The van der Waals surface area contributed by atoms with Crippen LogP contribution < -0.4 is 11.1 Å². The van der Waals surface area contributed by atoms with Crippen molar-refractivity contribution in [2.45, 2.75) is 6.54 Å². The van der Waals surface area contributed by atoms with E-state index < -0.39 is 5.82 Å². The van der Waals surface area contributed by atoms with Crippen LogP contribution in [0.25, 0.3) is 21.1 Å². The second kappa shape index (κ2) is 8.80. The summed E-state index contributed by atoms with van der Waals surface area (Å²) in [4.78, 5) is 17.7. The average Bonchev–Trinajstić information content (AvgIpc) is 3.25. The number of amidine groups is 1. The van der Waals surface area contributed by atoms with Crippen LogP contribution in [-0.4, -0.2) is 20.8 Å². The highest BCUT2D eigenvalue weighted by molar-refractivity contribution is 9.10. The van der Waals surface area contributed by atoms with E-state index in [0.717, 1.165) is 10.3 Å². The van der Waals surface area contributed by atoms with Gasteiger partial charge < -0.3 is 11.1 Å². The smallest absolute Gasteiger partial charge is 0.159 e. The molecule has 164 valence electrons. The number of aliphatic imine (C=N–C) groups is 1. The molecule has 0 aliphatic carbocycles. The van der Waals surface area contributed by atoms with Gasteiger partial charge in [-0.25, -0.2) is 23.7 Å². The van der Waals surface area contributed by atoms with Crippen molar-refractivity contribution in [1.82, 2.24) is 15.0 Å². The molecule has 0 radical (unpaired) electrons. The summed E-state index contributed by atoms with van der Waals surface area (Å²) in [6.07, 6.45) is 1.42. The van der Waals surface area contributed by atoms with Crippen molar-refractivity contribution >= 4 is 65.7 Å². The molecule has 0 amide bonds. The summed E-state index contributed by atoms with van der Waals surface area (Å²) in [5, 5.41) is 4.32. The van der Waals surface area contributed by atoms with Gasteiger partial charge in [0.05, 0.1) is 33.4 Å². The molecule has 0 atom stereocenters. The Morgan fingerprint density at radius 3 is 2.61 bits per heavy atom. The summed E-state index contributed by atoms with van der Waals surface area (Å²) in [7, 11) is 0. The Kier molecular flexibility index (Phi) is 5.69. The van der Waals surface area contributed by atoms with E-state index in [2.05, 4.69) is 41.2 Å². The van der Waals surface area contributed by atoms with Crippen molar-refractivity contribution in [3.8, 4) is 0 Å². The van der Waals surface area contributed by atoms with Crippen molar-refractivity contribution in [3.05, 3.63) is 87.6 Å². The van der Waals surface area contributed by atoms with E-state index >= 15 is 0 Å². The molecule has 33 heavy (non-hydrogen) atoms. The fourth-order valence-corrected chi connectivity index (χ4v) is 4.65. The fraction of sp³-hybridized carbons (Fsp3) is 0.0435. The van der Waals surface area contributed by atoms with E-state index in [1.807, 2.05) is 12.1 Å². The molecule has 5 rings (SSSR count). The maximum atomic E-state index is 14.4. The Labute approximate surface area is 199 Å². The predicted octanol–water partition coefficient (Wildman–Crippen LogP) is 5.93. The monoisotopic (exact) mass is 524 g/mol. The molecule has 0 saturated carbocycles. The summed E-state index contributed by atoms with van der Waals surface area (Å²) >= 11 is 4.62. The first-order chi connectivity index (χ1) is 16.0. The van der Waals surface area contributed by atoms with Gasteiger partial charge >= 0.3 is 0 Å². The topological polar surface area (TPSA) is 89.1 Å². The molecule has 3 N–H and O–H groups in total. The van der Waals surface area contributed by atoms with Crippen LogP contribution in [0.3, 0.4) is 0 Å². The molecule has 6 nitrogen and oxygen atoms in total. The zero-order chi connectivity index (χ0) is 22.9. The summed E-state index contributed by atoms with van der Waals surface area (Å²) in [6, 6.07) is 14.5. The standard InChI is InChI=1S/C23H15BrF2N6S/c24-13-3-6-16(15(26)9-13)31-22-19-17(29-11-30-22)7-8-18-20(19)33-23(32-18)21(27)28-10-12-1-4-14(25)5-2-12/h1-9,11H,10H2,(H2,27,28)(H,29,30,31). The molecule has 0 unspecified atom stereocenters. The van der Waals surface area contributed by atoms with E-state index in [9.17, 15) is 8.78 Å². The number of benzene rings is 3. The Morgan fingerprint density at radius 2 is 1.82 bits per heavy atom. The molecule has 0 saturated heterocycles. The van der Waals surface area contributed by atoms with Crippen molar-refractivity contribution in [3.63, 3.8) is 0 Å². The van der Waals surface area contributed by atoms with Gasteiger partial charge in [0.1, 0.15) is 23.8 Å². The van der Waals surface area contributed by atoms with Gasteiger partial charge in [-0.1, -0.05) is 28.1 Å². The minimum atomic E-state index is -0.412. The maximum absolute atomic E-state index is 14.4. The number of aromatic nitrogens is 3. The molecule has 3 aromatic carbocycles. The van der Waals surface area contributed by atoms with Crippen LogP contribution in [0, 0.1) is 11.6 Å². The zero-order valence-corrected chi connectivity index (χ0v) is 19.3. The van der Waals surface area contributed by atoms with E-state index in [-0.39, 0.29) is 11.7 Å². The van der Waals surface area contributed by atoms with Gasteiger partial charge in [0.25, 0.3) is 0 Å². The Morgan fingerprint density at radius 1 is 1.03 bits per heavy atom. The van der Waals surface area contributed by atoms with Gasteiger partial charge in [-0.15, -0.1) is 11.3 Å². The molecule has 0 aliphatic rings. The van der Waals surface area contributed by atoms with Gasteiger partial charge in [-0.3, -0.25) is 4.99 Å². The second-order valence-electron chi connectivity index (χ2n) is 7.13. The lowest BCUT2D eigenvalue weighted by Gasteiger charge is -2.09. The van der Waals surface area contributed by atoms with Gasteiger partial charge in [0.15, 0.2) is 10.8 Å². The highest BCUT2D eigenvalue weighted by atomic mass is 79.9. The molecule has 0 bridgehead atoms. The highest BCUT2D eigenvalue weighted by Crippen LogP contribution is 2.35. The molecule has 0 aliphatic heterocycles. The van der Waals surface area contributed by atoms with E-state index in [1.54, 1.807) is 24.3 Å². The fourth-order valence-electron chi connectivity index (χ4n) is 3.29. The van der Waals surface area contributed by atoms with Crippen molar-refractivity contribution in [2.24, 2.45) is 10.7 Å². The second-order valence-corrected chi connectivity index (χ2v) is 9.04. The van der Waals surface area contributed by atoms with Gasteiger partial charge in [0.2, 0.25) is 0 Å². The van der Waals surface area contributed by atoms with E-state index in [1.165, 1.54) is 35.9 Å². The Balaban J connectivity index is 1.54. The number of thiazole rings is 1. The molecule has 2 aromatic heterocycles. The summed E-state index contributed by atoms with van der Waals surface area (Å²) in [6.45, 7) is 0.307. The third kappa shape index (κ3) is 4.39.